The Kier molecular flexibility index (Phi) is 13.8. The summed E-state index contributed by atoms with van der Waals surface area (Å²) in [5.74, 6) is 1.21. The van der Waals surface area contributed by atoms with E-state index < -0.39 is 22.7 Å². The third kappa shape index (κ3) is 10.4. The van der Waals surface area contributed by atoms with Crippen LogP contribution in [-0.4, -0.2) is 67.1 Å². The third-order valence-electron chi connectivity index (χ3n) is 10.7. The van der Waals surface area contributed by atoms with E-state index in [1.54, 1.807) is 24.4 Å². The first kappa shape index (κ1) is 43.8. The normalized spacial score (nSPS) is 12.7. The number of thioether (sulfide) groups is 1. The summed E-state index contributed by atoms with van der Waals surface area (Å²) >= 11 is 15.5. The molecule has 5 rings (SSSR count). The van der Waals surface area contributed by atoms with Crippen LogP contribution >= 0.6 is 35.0 Å². The molecular formula is C42H54Cl2N4O5SSi2. The van der Waals surface area contributed by atoms with Crippen molar-refractivity contribution >= 4 is 51.6 Å². The van der Waals surface area contributed by atoms with Gasteiger partial charge in [-0.15, -0.1) is 0 Å². The van der Waals surface area contributed by atoms with E-state index in [-0.39, 0.29) is 25.9 Å². The van der Waals surface area contributed by atoms with Crippen LogP contribution in [0.25, 0.3) is 34.0 Å². The van der Waals surface area contributed by atoms with Crippen molar-refractivity contribution in [1.29, 1.82) is 0 Å². The zero-order chi connectivity index (χ0) is 41.1. The maximum Gasteiger partial charge on any atom is 0.192 e. The summed E-state index contributed by atoms with van der Waals surface area (Å²) in [5, 5.41) is 13.1. The van der Waals surface area contributed by atoms with Crippen molar-refractivity contribution in [1.82, 2.24) is 19.7 Å². The molecule has 0 saturated heterocycles. The van der Waals surface area contributed by atoms with Gasteiger partial charge >= 0.3 is 0 Å². The van der Waals surface area contributed by atoms with Gasteiger partial charge in [0.05, 0.1) is 34.5 Å². The molecule has 14 heteroatoms. The van der Waals surface area contributed by atoms with Gasteiger partial charge in [0, 0.05) is 11.8 Å². The van der Waals surface area contributed by atoms with Crippen LogP contribution in [0, 0.1) is 0 Å². The Morgan fingerprint density at radius 1 is 0.786 bits per heavy atom. The van der Waals surface area contributed by atoms with Crippen molar-refractivity contribution < 1.29 is 23.5 Å². The monoisotopic (exact) mass is 852 g/mol. The number of hydrogen-bond donors (Lipinski definition) is 1. The molecule has 0 aliphatic rings. The van der Waals surface area contributed by atoms with Gasteiger partial charge in [-0.2, -0.15) is 4.73 Å². The number of rotatable bonds is 15. The predicted molar refractivity (Wildman–Crippen MR) is 235 cm³/mol. The molecule has 0 atom stereocenters. The molecule has 3 aromatic carbocycles. The topological polar surface area (TPSA) is 101 Å². The van der Waals surface area contributed by atoms with E-state index in [1.165, 1.54) is 11.8 Å². The van der Waals surface area contributed by atoms with Gasteiger partial charge in [-0.25, -0.2) is 15.0 Å². The van der Waals surface area contributed by atoms with Crippen molar-refractivity contribution in [3.63, 3.8) is 0 Å². The summed E-state index contributed by atoms with van der Waals surface area (Å²) in [5.41, 5.74) is 3.33. The Labute approximate surface area is 348 Å². The molecule has 0 amide bonds. The van der Waals surface area contributed by atoms with Crippen LogP contribution in [-0.2, 0) is 15.5 Å². The third-order valence-corrected chi connectivity index (χ3v) is 20.8. The van der Waals surface area contributed by atoms with Crippen LogP contribution in [0.4, 0.5) is 0 Å². The molecule has 0 saturated carbocycles. The fourth-order valence-corrected chi connectivity index (χ4v) is 8.30. The highest BCUT2D eigenvalue weighted by molar-refractivity contribution is 7.98. The van der Waals surface area contributed by atoms with Crippen LogP contribution in [0.1, 0.15) is 47.1 Å². The number of aromatic nitrogens is 4. The summed E-state index contributed by atoms with van der Waals surface area (Å²) in [4.78, 5) is 14.0. The lowest BCUT2D eigenvalue weighted by Crippen LogP contribution is -2.47. The first-order valence-electron chi connectivity index (χ1n) is 18.6. The quantitative estimate of drug-likeness (QED) is 0.0477. The van der Waals surface area contributed by atoms with Crippen molar-refractivity contribution in [3.05, 3.63) is 94.6 Å². The second-order valence-electron chi connectivity index (χ2n) is 16.8. The smallest absolute Gasteiger partial charge is 0.192 e. The summed E-state index contributed by atoms with van der Waals surface area (Å²) in [6.07, 6.45) is 3.14. The van der Waals surface area contributed by atoms with Gasteiger partial charge in [0.15, 0.2) is 27.6 Å². The van der Waals surface area contributed by atoms with Gasteiger partial charge < -0.3 is 23.5 Å². The Bertz CT molecular complexity index is 2070. The van der Waals surface area contributed by atoms with Crippen LogP contribution in [0.5, 0.6) is 11.5 Å². The zero-order valence-corrected chi connectivity index (χ0v) is 38.6. The molecule has 9 nitrogen and oxygen atoms in total. The molecular weight excluding hydrogens is 800 g/mol. The molecule has 2 aromatic heterocycles. The minimum Gasteiger partial charge on any atom is -0.489 e. The van der Waals surface area contributed by atoms with Crippen molar-refractivity contribution in [3.8, 4) is 45.5 Å². The maximum atomic E-state index is 12.0. The van der Waals surface area contributed by atoms with E-state index in [1.807, 2.05) is 60.9 Å². The number of hydrogen-bond acceptors (Lipinski definition) is 9. The van der Waals surface area contributed by atoms with E-state index >= 15 is 0 Å². The second kappa shape index (κ2) is 17.6. The van der Waals surface area contributed by atoms with Crippen molar-refractivity contribution in [2.24, 2.45) is 0 Å². The van der Waals surface area contributed by atoms with Crippen LogP contribution in [0.2, 0.25) is 46.3 Å². The molecule has 1 N–H and O–H groups in total. The zero-order valence-electron chi connectivity index (χ0n) is 34.2. The molecule has 0 radical (unpaired) electrons. The lowest BCUT2D eigenvalue weighted by Gasteiger charge is -2.39. The summed E-state index contributed by atoms with van der Waals surface area (Å²) in [7, 11) is -4.20. The molecule has 0 spiro atoms. The fourth-order valence-electron chi connectivity index (χ4n) is 5.23. The predicted octanol–water partition coefficient (Wildman–Crippen LogP) is 12.3. The average molecular weight is 854 g/mol. The van der Waals surface area contributed by atoms with Crippen molar-refractivity contribution in [2.75, 3.05) is 19.5 Å². The van der Waals surface area contributed by atoms with E-state index in [9.17, 15) is 5.21 Å². The minimum absolute atomic E-state index is 0.0231. The number of benzene rings is 3. The number of nitrogens with zero attached hydrogens (tertiary/aromatic N) is 4. The Morgan fingerprint density at radius 2 is 1.39 bits per heavy atom. The van der Waals surface area contributed by atoms with Gasteiger partial charge in [-0.1, -0.05) is 119 Å². The van der Waals surface area contributed by atoms with E-state index in [0.717, 1.165) is 10.3 Å². The SMILES string of the molecule is CSc1nccc(-c2nc(-c3c(Cl)cc(OC(CO[Si](C)(C)C(C)(C)C)CO[Si](C)(C)C(C)(C)C)cc3Cl)n(O)c2-c2cccc(OCc3ccccc3)c2)n1. The van der Waals surface area contributed by atoms with Gasteiger partial charge in [0.25, 0.3) is 0 Å². The summed E-state index contributed by atoms with van der Waals surface area (Å²) < 4.78 is 27.0. The summed E-state index contributed by atoms with van der Waals surface area (Å²) in [6.45, 7) is 23.2. The van der Waals surface area contributed by atoms with Crippen LogP contribution in [0.15, 0.2) is 84.1 Å². The highest BCUT2D eigenvalue weighted by Crippen LogP contribution is 2.43. The Hall–Kier alpha value is -3.37. The largest absolute Gasteiger partial charge is 0.489 e. The summed E-state index contributed by atoms with van der Waals surface area (Å²) in [6, 6.07) is 22.5. The molecule has 0 fully saturated rings. The molecule has 5 aromatic rings. The van der Waals surface area contributed by atoms with E-state index in [2.05, 4.69) is 72.7 Å². The Balaban J connectivity index is 1.52. The number of imidazole rings is 1. The first-order chi connectivity index (χ1) is 26.2. The van der Waals surface area contributed by atoms with E-state index in [0.29, 0.717) is 64.7 Å². The molecule has 0 bridgehead atoms. The lowest BCUT2D eigenvalue weighted by atomic mass is 10.1. The molecule has 0 aliphatic heterocycles. The standard InChI is InChI=1S/C42H54Cl2N4O5SSi2/c1-41(2,3)55(8,9)51-26-32(27-52-56(10,11)42(4,5)6)53-31-23-33(43)36(34(44)24-31)39-47-37(35-20-21-45-40(46-35)54-7)38(48(39)49)29-18-15-19-30(22-29)50-25-28-16-13-12-14-17-28/h12-24,32,49H,25-27H2,1-11H3. The lowest BCUT2D eigenvalue weighted by molar-refractivity contribution is 0.0706. The highest BCUT2D eigenvalue weighted by atomic mass is 35.5. The molecule has 2 heterocycles. The minimum atomic E-state index is -2.10. The van der Waals surface area contributed by atoms with Gasteiger partial charge in [-0.3, -0.25) is 0 Å². The first-order valence-corrected chi connectivity index (χ1v) is 26.4. The molecule has 0 aliphatic carbocycles. The fraction of sp³-hybridized carbons (Fsp3) is 0.405. The maximum absolute atomic E-state index is 12.0. The number of halogens is 2. The molecule has 56 heavy (non-hydrogen) atoms. The Morgan fingerprint density at radius 3 is 1.96 bits per heavy atom. The van der Waals surface area contributed by atoms with Gasteiger partial charge in [0.1, 0.15) is 35.6 Å². The van der Waals surface area contributed by atoms with Gasteiger partial charge in [0.2, 0.25) is 0 Å². The van der Waals surface area contributed by atoms with Crippen LogP contribution < -0.4 is 9.47 Å². The molecule has 0 unspecified atom stereocenters. The second-order valence-corrected chi connectivity index (χ2v) is 28.0. The van der Waals surface area contributed by atoms with Crippen LogP contribution in [0.3, 0.4) is 0 Å². The highest BCUT2D eigenvalue weighted by Gasteiger charge is 2.40. The van der Waals surface area contributed by atoms with Crippen molar-refractivity contribution in [2.45, 2.75) is 95.7 Å². The van der Waals surface area contributed by atoms with Gasteiger partial charge in [-0.05, 0) is 78.4 Å². The number of ether oxygens (including phenoxy) is 2. The average Bonchev–Trinajstić information content (AvgIpc) is 3.47. The van der Waals surface area contributed by atoms with E-state index in [4.69, 9.17) is 51.5 Å². The molecule has 300 valence electrons.